The van der Waals surface area contributed by atoms with E-state index in [2.05, 4.69) is 15.4 Å². The molecule has 1 saturated heterocycles. The second-order valence-corrected chi connectivity index (χ2v) is 9.29. The molecule has 8 nitrogen and oxygen atoms in total. The summed E-state index contributed by atoms with van der Waals surface area (Å²) >= 11 is 0. The first-order valence-electron chi connectivity index (χ1n) is 12.7. The van der Waals surface area contributed by atoms with Gasteiger partial charge in [0.15, 0.2) is 0 Å². The highest BCUT2D eigenvalue weighted by atomic mass is 19.4. The number of anilines is 2. The smallest absolute Gasteiger partial charge is 0.418 e. The minimum Gasteiger partial charge on any atom is -0.465 e. The van der Waals surface area contributed by atoms with Gasteiger partial charge in [0.2, 0.25) is 5.78 Å². The fourth-order valence-electron chi connectivity index (χ4n) is 4.36. The standard InChI is InChI=1S/C29H27F4N3O5/c1-40-26(38)20-10-14-22(15-11-20)41-29(33,36-16-4-5-17-36)25(37)18-19-8-12-21(13-9-19)34-27(39)35-24-7-3-2-6-23(24)28(30,31)32/h2-3,6-15H,4-5,16-18H2,1H3,(H2,34,35,39). The summed E-state index contributed by atoms with van der Waals surface area (Å²) in [6.07, 6.45) is -3.59. The molecule has 1 unspecified atom stereocenters. The van der Waals surface area contributed by atoms with Crippen LogP contribution in [0.15, 0.2) is 72.8 Å². The Labute approximate surface area is 233 Å². The van der Waals surface area contributed by atoms with Crippen molar-refractivity contribution < 1.29 is 41.4 Å². The number of carbonyl (C=O) groups is 3. The molecule has 3 aromatic rings. The Hall–Kier alpha value is -4.45. The number of ether oxygens (including phenoxy) is 2. The molecule has 41 heavy (non-hydrogen) atoms. The summed E-state index contributed by atoms with van der Waals surface area (Å²) in [5.41, 5.74) is -0.478. The van der Waals surface area contributed by atoms with Crippen LogP contribution >= 0.6 is 0 Å². The van der Waals surface area contributed by atoms with Gasteiger partial charge < -0.3 is 20.1 Å². The van der Waals surface area contributed by atoms with Gasteiger partial charge in [-0.05, 0) is 66.9 Å². The van der Waals surface area contributed by atoms with Crippen LogP contribution in [0.3, 0.4) is 0 Å². The molecule has 2 amide bonds. The highest BCUT2D eigenvalue weighted by Crippen LogP contribution is 2.35. The van der Waals surface area contributed by atoms with Crippen molar-refractivity contribution in [3.8, 4) is 5.75 Å². The van der Waals surface area contributed by atoms with E-state index in [1.807, 2.05) is 0 Å². The third kappa shape index (κ3) is 7.20. The zero-order chi connectivity index (χ0) is 29.6. The number of urea groups is 1. The zero-order valence-corrected chi connectivity index (χ0v) is 22.0. The van der Waals surface area contributed by atoms with E-state index >= 15 is 4.39 Å². The van der Waals surface area contributed by atoms with Gasteiger partial charge in [0.05, 0.1) is 23.9 Å². The topological polar surface area (TPSA) is 97.0 Å². The fourth-order valence-corrected chi connectivity index (χ4v) is 4.36. The van der Waals surface area contributed by atoms with Crippen molar-refractivity contribution in [1.29, 1.82) is 0 Å². The summed E-state index contributed by atoms with van der Waals surface area (Å²) in [6, 6.07) is 15.1. The Balaban J connectivity index is 1.42. The summed E-state index contributed by atoms with van der Waals surface area (Å²) in [5, 5.41) is 4.61. The minimum atomic E-state index is -4.64. The number of hydrogen-bond donors (Lipinski definition) is 2. The number of nitrogens with zero attached hydrogens (tertiary/aromatic N) is 1. The lowest BCUT2D eigenvalue weighted by Crippen LogP contribution is -2.55. The maximum absolute atomic E-state index is 16.3. The Bertz CT molecular complexity index is 1390. The van der Waals surface area contributed by atoms with Gasteiger partial charge in [-0.2, -0.15) is 17.6 Å². The molecule has 4 rings (SSSR count). The molecule has 12 heteroatoms. The third-order valence-electron chi connectivity index (χ3n) is 6.44. The lowest BCUT2D eigenvalue weighted by Gasteiger charge is -2.33. The van der Waals surface area contributed by atoms with E-state index in [9.17, 15) is 27.6 Å². The first-order valence-corrected chi connectivity index (χ1v) is 12.7. The van der Waals surface area contributed by atoms with Gasteiger partial charge >= 0.3 is 24.2 Å². The molecular weight excluding hydrogens is 546 g/mol. The van der Waals surface area contributed by atoms with Crippen molar-refractivity contribution >= 4 is 29.2 Å². The first-order chi connectivity index (χ1) is 19.5. The van der Waals surface area contributed by atoms with Crippen LogP contribution in [0.25, 0.3) is 0 Å². The molecule has 1 aliphatic heterocycles. The van der Waals surface area contributed by atoms with Crippen LogP contribution in [0.4, 0.5) is 33.7 Å². The van der Waals surface area contributed by atoms with Crippen molar-refractivity contribution in [2.75, 3.05) is 30.8 Å². The van der Waals surface area contributed by atoms with E-state index in [4.69, 9.17) is 4.74 Å². The largest absolute Gasteiger partial charge is 0.465 e. The van der Waals surface area contributed by atoms with Crippen LogP contribution in [0.5, 0.6) is 5.75 Å². The van der Waals surface area contributed by atoms with Crippen LogP contribution in [-0.2, 0) is 22.1 Å². The van der Waals surface area contributed by atoms with Crippen LogP contribution in [0.1, 0.15) is 34.3 Å². The van der Waals surface area contributed by atoms with Crippen LogP contribution in [-0.4, -0.2) is 48.9 Å². The minimum absolute atomic E-state index is 0.0538. The number of alkyl halides is 4. The maximum Gasteiger partial charge on any atom is 0.418 e. The second-order valence-electron chi connectivity index (χ2n) is 9.29. The Morgan fingerprint density at radius 1 is 0.854 bits per heavy atom. The lowest BCUT2D eigenvalue weighted by atomic mass is 10.1. The van der Waals surface area contributed by atoms with E-state index in [-0.39, 0.29) is 23.4 Å². The number of likely N-dealkylation sites (tertiary alicyclic amines) is 1. The number of amides is 2. The van der Waals surface area contributed by atoms with Crippen molar-refractivity contribution in [3.05, 3.63) is 89.5 Å². The SMILES string of the molecule is COC(=O)c1ccc(OC(F)(C(=O)Cc2ccc(NC(=O)Nc3ccccc3C(F)(F)F)cc2)N2CCCC2)cc1. The van der Waals surface area contributed by atoms with E-state index in [0.29, 0.717) is 31.5 Å². The van der Waals surface area contributed by atoms with Crippen LogP contribution in [0.2, 0.25) is 0 Å². The van der Waals surface area contributed by atoms with E-state index < -0.39 is 41.2 Å². The molecule has 3 aromatic carbocycles. The molecule has 1 fully saturated rings. The number of methoxy groups -OCH3 is 1. The molecule has 1 atom stereocenters. The number of rotatable bonds is 9. The number of halogens is 4. The number of para-hydroxylation sites is 1. The predicted molar refractivity (Wildman–Crippen MR) is 142 cm³/mol. The molecule has 2 N–H and O–H groups in total. The number of esters is 1. The second kappa shape index (κ2) is 12.4. The Morgan fingerprint density at radius 2 is 1.49 bits per heavy atom. The molecule has 216 valence electrons. The summed E-state index contributed by atoms with van der Waals surface area (Å²) in [6.45, 7) is 0.635. The van der Waals surface area contributed by atoms with E-state index in [1.54, 1.807) is 0 Å². The number of hydrogen-bond acceptors (Lipinski definition) is 6. The van der Waals surface area contributed by atoms with Crippen molar-refractivity contribution in [3.63, 3.8) is 0 Å². The number of carbonyl (C=O) groups excluding carboxylic acids is 3. The molecule has 0 radical (unpaired) electrons. The molecule has 0 spiro atoms. The van der Waals surface area contributed by atoms with Crippen molar-refractivity contribution in [1.82, 2.24) is 4.90 Å². The molecule has 1 aliphatic rings. The molecule has 1 heterocycles. The monoisotopic (exact) mass is 573 g/mol. The number of Topliss-reactive ketones (excluding diaryl/α,β-unsaturated/α-hetero) is 1. The number of ketones is 1. The van der Waals surface area contributed by atoms with Gasteiger partial charge in [-0.3, -0.25) is 4.79 Å². The molecule has 0 bridgehead atoms. The molecular formula is C29H27F4N3O5. The molecule has 0 aromatic heterocycles. The summed E-state index contributed by atoms with van der Waals surface area (Å²) in [5.74, 6) is -4.12. The van der Waals surface area contributed by atoms with Gasteiger partial charge in [-0.25, -0.2) is 14.5 Å². The highest BCUT2D eigenvalue weighted by molar-refractivity contribution is 6.00. The predicted octanol–water partition coefficient (Wildman–Crippen LogP) is 6.05. The quantitative estimate of drug-likeness (QED) is 0.184. The van der Waals surface area contributed by atoms with Crippen LogP contribution in [0, 0.1) is 0 Å². The first kappa shape index (κ1) is 29.5. The zero-order valence-electron chi connectivity index (χ0n) is 22.0. The number of nitrogens with one attached hydrogen (secondary N) is 2. The maximum atomic E-state index is 16.3. The third-order valence-corrected chi connectivity index (χ3v) is 6.44. The van der Waals surface area contributed by atoms with Gasteiger partial charge in [0.1, 0.15) is 5.75 Å². The average Bonchev–Trinajstić information content (AvgIpc) is 3.50. The van der Waals surface area contributed by atoms with E-state index in [0.717, 1.165) is 12.1 Å². The van der Waals surface area contributed by atoms with Gasteiger partial charge in [-0.1, -0.05) is 24.3 Å². The number of benzene rings is 3. The Morgan fingerprint density at radius 3 is 2.10 bits per heavy atom. The van der Waals surface area contributed by atoms with Gasteiger partial charge in [-0.15, -0.1) is 0 Å². The summed E-state index contributed by atoms with van der Waals surface area (Å²) < 4.78 is 66.0. The van der Waals surface area contributed by atoms with Crippen molar-refractivity contribution in [2.45, 2.75) is 31.4 Å². The normalized spacial score (nSPS) is 15.0. The van der Waals surface area contributed by atoms with Crippen molar-refractivity contribution in [2.24, 2.45) is 0 Å². The van der Waals surface area contributed by atoms with Gasteiger partial charge in [0, 0.05) is 25.2 Å². The lowest BCUT2D eigenvalue weighted by molar-refractivity contribution is -0.191. The average molecular weight is 574 g/mol. The van der Waals surface area contributed by atoms with E-state index in [1.165, 1.54) is 72.7 Å². The summed E-state index contributed by atoms with van der Waals surface area (Å²) in [4.78, 5) is 38.5. The Kier molecular flexibility index (Phi) is 8.92. The summed E-state index contributed by atoms with van der Waals surface area (Å²) in [7, 11) is 1.24. The van der Waals surface area contributed by atoms with Crippen LogP contribution < -0.4 is 15.4 Å². The molecule has 0 aliphatic carbocycles. The highest BCUT2D eigenvalue weighted by Gasteiger charge is 2.48. The fraction of sp³-hybridized carbons (Fsp3) is 0.276. The van der Waals surface area contributed by atoms with Gasteiger partial charge in [0.25, 0.3) is 0 Å². The molecule has 0 saturated carbocycles.